The Morgan fingerprint density at radius 2 is 1.60 bits per heavy atom. The van der Waals surface area contributed by atoms with Gasteiger partial charge in [0.25, 0.3) is 0 Å². The standard InChI is InChI=1S/C19H21N5O/c1-5-20-6-2-16(1)18(23-11-13-25-14-12-23)15-24-10-9-22-19(24)17-3-7-21-8-4-17/h1-10,18H,11-15H2/t18-/m1/s1. The Morgan fingerprint density at radius 1 is 0.920 bits per heavy atom. The Hall–Kier alpha value is -2.57. The monoisotopic (exact) mass is 335 g/mol. The van der Waals surface area contributed by atoms with Crippen LogP contribution in [-0.2, 0) is 11.3 Å². The third kappa shape index (κ3) is 3.60. The summed E-state index contributed by atoms with van der Waals surface area (Å²) in [5.74, 6) is 0.967. The zero-order valence-electron chi connectivity index (χ0n) is 14.0. The number of imidazole rings is 1. The SMILES string of the molecule is c1cc(-c2nccn2C[C@H](c2ccncc2)N2CCOCC2)ccn1. The average Bonchev–Trinajstić information content (AvgIpc) is 3.16. The first-order chi connectivity index (χ1) is 12.4. The highest BCUT2D eigenvalue weighted by Gasteiger charge is 2.24. The van der Waals surface area contributed by atoms with Crippen LogP contribution in [0.3, 0.4) is 0 Å². The number of pyridine rings is 2. The van der Waals surface area contributed by atoms with Crippen LogP contribution in [-0.4, -0.2) is 50.7 Å². The summed E-state index contributed by atoms with van der Waals surface area (Å²) >= 11 is 0. The van der Waals surface area contributed by atoms with E-state index in [1.54, 1.807) is 12.4 Å². The van der Waals surface area contributed by atoms with E-state index in [0.29, 0.717) is 0 Å². The van der Waals surface area contributed by atoms with Crippen molar-refractivity contribution in [2.45, 2.75) is 12.6 Å². The van der Waals surface area contributed by atoms with Crippen molar-refractivity contribution in [3.8, 4) is 11.4 Å². The molecule has 0 aromatic carbocycles. The predicted octanol–water partition coefficient (Wildman–Crippen LogP) is 2.41. The van der Waals surface area contributed by atoms with Crippen LogP contribution < -0.4 is 0 Å². The number of morpholine rings is 1. The van der Waals surface area contributed by atoms with E-state index >= 15 is 0 Å². The molecule has 1 saturated heterocycles. The summed E-state index contributed by atoms with van der Waals surface area (Å²) in [4.78, 5) is 15.3. The minimum Gasteiger partial charge on any atom is -0.379 e. The van der Waals surface area contributed by atoms with Crippen LogP contribution in [0.1, 0.15) is 11.6 Å². The Morgan fingerprint density at radius 3 is 2.32 bits per heavy atom. The number of rotatable bonds is 5. The van der Waals surface area contributed by atoms with Crippen LogP contribution >= 0.6 is 0 Å². The lowest BCUT2D eigenvalue weighted by molar-refractivity contribution is 0.0124. The molecule has 0 N–H and O–H groups in total. The summed E-state index contributed by atoms with van der Waals surface area (Å²) in [5.41, 5.74) is 2.35. The first-order valence-corrected chi connectivity index (χ1v) is 8.55. The molecule has 0 saturated carbocycles. The summed E-state index contributed by atoms with van der Waals surface area (Å²) in [6.07, 6.45) is 11.2. The Kier molecular flexibility index (Phi) is 4.81. The van der Waals surface area contributed by atoms with E-state index in [1.807, 2.05) is 36.9 Å². The quantitative estimate of drug-likeness (QED) is 0.717. The van der Waals surface area contributed by atoms with Gasteiger partial charge < -0.3 is 9.30 Å². The Labute approximate surface area is 147 Å². The molecule has 0 radical (unpaired) electrons. The van der Waals surface area contributed by atoms with E-state index in [-0.39, 0.29) is 6.04 Å². The molecule has 1 atom stereocenters. The first kappa shape index (κ1) is 15.9. The maximum Gasteiger partial charge on any atom is 0.140 e. The predicted molar refractivity (Wildman–Crippen MR) is 94.8 cm³/mol. The van der Waals surface area contributed by atoms with Crippen molar-refractivity contribution in [1.82, 2.24) is 24.4 Å². The molecule has 0 unspecified atom stereocenters. The molecule has 3 aromatic rings. The van der Waals surface area contributed by atoms with Gasteiger partial charge >= 0.3 is 0 Å². The van der Waals surface area contributed by atoms with Gasteiger partial charge in [0.05, 0.1) is 19.3 Å². The molecule has 1 aliphatic rings. The van der Waals surface area contributed by atoms with Gasteiger partial charge in [0.15, 0.2) is 0 Å². The van der Waals surface area contributed by atoms with Gasteiger partial charge in [0, 0.05) is 62.4 Å². The zero-order valence-corrected chi connectivity index (χ0v) is 14.0. The lowest BCUT2D eigenvalue weighted by atomic mass is 10.1. The van der Waals surface area contributed by atoms with Crippen molar-refractivity contribution < 1.29 is 4.74 Å². The second-order valence-corrected chi connectivity index (χ2v) is 6.08. The number of aromatic nitrogens is 4. The van der Waals surface area contributed by atoms with E-state index in [2.05, 4.69) is 36.6 Å². The fourth-order valence-electron chi connectivity index (χ4n) is 3.31. The van der Waals surface area contributed by atoms with Gasteiger partial charge in [-0.3, -0.25) is 14.9 Å². The second-order valence-electron chi connectivity index (χ2n) is 6.08. The number of ether oxygens (including phenoxy) is 1. The molecular weight excluding hydrogens is 314 g/mol. The van der Waals surface area contributed by atoms with Gasteiger partial charge in [-0.15, -0.1) is 0 Å². The Balaban J connectivity index is 1.64. The van der Waals surface area contributed by atoms with Gasteiger partial charge in [0.1, 0.15) is 5.82 Å². The normalized spacial score (nSPS) is 16.6. The average molecular weight is 335 g/mol. The molecule has 0 bridgehead atoms. The van der Waals surface area contributed by atoms with Gasteiger partial charge in [-0.25, -0.2) is 4.98 Å². The highest BCUT2D eigenvalue weighted by molar-refractivity contribution is 5.54. The van der Waals surface area contributed by atoms with E-state index in [1.165, 1.54) is 5.56 Å². The minimum absolute atomic E-state index is 0.265. The fraction of sp³-hybridized carbons (Fsp3) is 0.316. The molecule has 3 aromatic heterocycles. The molecule has 6 nitrogen and oxygen atoms in total. The molecule has 4 heterocycles. The third-order valence-corrected chi connectivity index (χ3v) is 4.60. The van der Waals surface area contributed by atoms with Crippen LogP contribution in [0.25, 0.3) is 11.4 Å². The van der Waals surface area contributed by atoms with Crippen molar-refractivity contribution in [2.24, 2.45) is 0 Å². The van der Waals surface area contributed by atoms with Crippen LogP contribution in [0.4, 0.5) is 0 Å². The summed E-state index contributed by atoms with van der Waals surface area (Å²) in [6, 6.07) is 8.46. The Bertz CT molecular complexity index is 784. The molecule has 0 aliphatic carbocycles. The number of nitrogens with zero attached hydrogens (tertiary/aromatic N) is 5. The van der Waals surface area contributed by atoms with E-state index in [4.69, 9.17) is 4.74 Å². The fourth-order valence-corrected chi connectivity index (χ4v) is 3.31. The van der Waals surface area contributed by atoms with Crippen LogP contribution in [0.2, 0.25) is 0 Å². The summed E-state index contributed by atoms with van der Waals surface area (Å²) in [5, 5.41) is 0. The van der Waals surface area contributed by atoms with E-state index < -0.39 is 0 Å². The lowest BCUT2D eigenvalue weighted by Crippen LogP contribution is -2.40. The first-order valence-electron chi connectivity index (χ1n) is 8.55. The summed E-state index contributed by atoms with van der Waals surface area (Å²) in [7, 11) is 0. The topological polar surface area (TPSA) is 56.1 Å². The summed E-state index contributed by atoms with van der Waals surface area (Å²) in [6.45, 7) is 4.27. The van der Waals surface area contributed by atoms with Crippen molar-refractivity contribution in [2.75, 3.05) is 26.3 Å². The van der Waals surface area contributed by atoms with Crippen LogP contribution in [0.5, 0.6) is 0 Å². The molecular formula is C19H21N5O. The van der Waals surface area contributed by atoms with Gasteiger partial charge in [-0.05, 0) is 29.8 Å². The zero-order chi connectivity index (χ0) is 16.9. The number of hydrogen-bond donors (Lipinski definition) is 0. The third-order valence-electron chi connectivity index (χ3n) is 4.60. The van der Waals surface area contributed by atoms with Crippen molar-refractivity contribution in [3.63, 3.8) is 0 Å². The largest absolute Gasteiger partial charge is 0.379 e. The maximum absolute atomic E-state index is 5.53. The molecule has 1 fully saturated rings. The van der Waals surface area contributed by atoms with Crippen molar-refractivity contribution in [1.29, 1.82) is 0 Å². The minimum atomic E-state index is 0.265. The highest BCUT2D eigenvalue weighted by atomic mass is 16.5. The molecule has 0 spiro atoms. The van der Waals surface area contributed by atoms with Crippen molar-refractivity contribution >= 4 is 0 Å². The lowest BCUT2D eigenvalue weighted by Gasteiger charge is -2.35. The van der Waals surface area contributed by atoms with Crippen LogP contribution in [0.15, 0.2) is 61.4 Å². The molecule has 0 amide bonds. The molecule has 6 heteroatoms. The number of hydrogen-bond acceptors (Lipinski definition) is 5. The molecule has 1 aliphatic heterocycles. The van der Waals surface area contributed by atoms with E-state index in [9.17, 15) is 0 Å². The smallest absolute Gasteiger partial charge is 0.140 e. The van der Waals surface area contributed by atoms with Gasteiger partial charge in [-0.1, -0.05) is 0 Å². The second kappa shape index (κ2) is 7.55. The van der Waals surface area contributed by atoms with Gasteiger partial charge in [0.2, 0.25) is 0 Å². The van der Waals surface area contributed by atoms with Crippen LogP contribution in [0, 0.1) is 0 Å². The van der Waals surface area contributed by atoms with E-state index in [0.717, 1.165) is 44.2 Å². The molecule has 25 heavy (non-hydrogen) atoms. The highest BCUT2D eigenvalue weighted by Crippen LogP contribution is 2.26. The van der Waals surface area contributed by atoms with Crippen molar-refractivity contribution in [3.05, 3.63) is 67.0 Å². The maximum atomic E-state index is 5.53. The summed E-state index contributed by atoms with van der Waals surface area (Å²) < 4.78 is 7.75. The molecule has 128 valence electrons. The molecule has 4 rings (SSSR count). The van der Waals surface area contributed by atoms with Gasteiger partial charge in [-0.2, -0.15) is 0 Å².